The Morgan fingerprint density at radius 3 is 2.52 bits per heavy atom. The molecule has 2 unspecified atom stereocenters. The molecule has 2 aromatic carbocycles. The van der Waals surface area contributed by atoms with E-state index >= 15 is 0 Å². The number of aliphatic hydroxyl groups excluding tert-OH is 1. The molecule has 154 valence electrons. The largest absolute Gasteiger partial charge is 0.478 e. The second kappa shape index (κ2) is 9.03. The van der Waals surface area contributed by atoms with E-state index in [4.69, 9.17) is 11.6 Å². The second-order valence-electron chi connectivity index (χ2n) is 7.41. The van der Waals surface area contributed by atoms with Crippen molar-refractivity contribution >= 4 is 23.4 Å². The van der Waals surface area contributed by atoms with Gasteiger partial charge in [0.2, 0.25) is 0 Å². The average molecular weight is 420 g/mol. The molecule has 0 aromatic heterocycles. The molecule has 1 heterocycles. The number of hydrogen-bond donors (Lipinski definition) is 2. The molecule has 2 aromatic rings. The summed E-state index contributed by atoms with van der Waals surface area (Å²) in [4.78, 5) is 27.0. The number of rotatable bonds is 6. The first-order chi connectivity index (χ1) is 13.8. The van der Waals surface area contributed by atoms with E-state index in [0.29, 0.717) is 5.02 Å². The Balaban J connectivity index is 2.05. The van der Waals surface area contributed by atoms with Gasteiger partial charge in [-0.3, -0.25) is 4.79 Å². The number of carbonyl (C=O) groups excluding carboxylic acids is 1. The Bertz CT molecular complexity index is 916. The Labute approximate surface area is 173 Å². The van der Waals surface area contributed by atoms with Gasteiger partial charge in [-0.15, -0.1) is 0 Å². The van der Waals surface area contributed by atoms with Crippen LogP contribution in [0.1, 0.15) is 63.6 Å². The van der Waals surface area contributed by atoms with Crippen LogP contribution in [0.3, 0.4) is 0 Å². The van der Waals surface area contributed by atoms with Gasteiger partial charge in [-0.2, -0.15) is 0 Å². The molecule has 1 aliphatic rings. The zero-order valence-corrected chi connectivity index (χ0v) is 16.8. The summed E-state index contributed by atoms with van der Waals surface area (Å²) in [6.07, 6.45) is 1.85. The smallest absolute Gasteiger partial charge is 0.336 e. The molecule has 7 heteroatoms. The van der Waals surface area contributed by atoms with Gasteiger partial charge in [0.1, 0.15) is 5.82 Å². The highest BCUT2D eigenvalue weighted by Crippen LogP contribution is 2.32. The molecule has 1 saturated heterocycles. The number of carboxylic acid groups (broad SMARTS) is 1. The lowest BCUT2D eigenvalue weighted by Crippen LogP contribution is -2.37. The minimum atomic E-state index is -1.36. The predicted molar refractivity (Wildman–Crippen MR) is 108 cm³/mol. The number of nitrogens with zero attached hydrogens (tertiary/aromatic N) is 1. The summed E-state index contributed by atoms with van der Waals surface area (Å²) in [7, 11) is 1.94. The van der Waals surface area contributed by atoms with Crippen LogP contribution in [0.2, 0.25) is 5.02 Å². The van der Waals surface area contributed by atoms with Crippen molar-refractivity contribution in [3.63, 3.8) is 0 Å². The Morgan fingerprint density at radius 1 is 1.21 bits per heavy atom. The highest BCUT2D eigenvalue weighted by Gasteiger charge is 2.31. The van der Waals surface area contributed by atoms with Crippen molar-refractivity contribution in [3.8, 4) is 0 Å². The second-order valence-corrected chi connectivity index (χ2v) is 7.84. The van der Waals surface area contributed by atoms with E-state index in [1.54, 1.807) is 0 Å². The normalized spacial score (nSPS) is 18.4. The molecule has 0 aliphatic carbocycles. The third kappa shape index (κ3) is 4.66. The van der Waals surface area contributed by atoms with Gasteiger partial charge in [-0.25, -0.2) is 9.18 Å². The number of hydrogen-bond acceptors (Lipinski definition) is 4. The van der Waals surface area contributed by atoms with Gasteiger partial charge in [0.05, 0.1) is 11.7 Å². The topological polar surface area (TPSA) is 77.8 Å². The molecule has 2 N–H and O–H groups in total. The van der Waals surface area contributed by atoms with E-state index in [2.05, 4.69) is 4.90 Å². The van der Waals surface area contributed by atoms with Gasteiger partial charge in [0.15, 0.2) is 5.78 Å². The number of carbonyl (C=O) groups is 2. The van der Waals surface area contributed by atoms with Crippen LogP contribution < -0.4 is 0 Å². The van der Waals surface area contributed by atoms with E-state index in [1.807, 2.05) is 7.05 Å². The van der Waals surface area contributed by atoms with E-state index in [-0.39, 0.29) is 34.7 Å². The lowest BCUT2D eigenvalue weighted by Gasteiger charge is -2.34. The van der Waals surface area contributed by atoms with Crippen LogP contribution in [-0.4, -0.2) is 46.5 Å². The summed E-state index contributed by atoms with van der Waals surface area (Å²) in [6.45, 7) is 0.881. The summed E-state index contributed by atoms with van der Waals surface area (Å²) in [5.41, 5.74) is -0.738. The van der Waals surface area contributed by atoms with Crippen LogP contribution in [0.4, 0.5) is 4.39 Å². The first-order valence-electron chi connectivity index (χ1n) is 9.54. The number of carboxylic acids is 1. The third-order valence-corrected chi connectivity index (χ3v) is 5.76. The quantitative estimate of drug-likeness (QED) is 0.682. The summed E-state index contributed by atoms with van der Waals surface area (Å²) in [5.74, 6) is -2.81. The van der Waals surface area contributed by atoms with Crippen molar-refractivity contribution in [2.24, 2.45) is 0 Å². The van der Waals surface area contributed by atoms with E-state index in [1.165, 1.54) is 24.3 Å². The maximum atomic E-state index is 14.8. The number of benzene rings is 2. The van der Waals surface area contributed by atoms with Crippen molar-refractivity contribution in [1.29, 1.82) is 0 Å². The number of likely N-dealkylation sites (tertiary alicyclic amines) is 1. The fraction of sp³-hybridized carbons (Fsp3) is 0.364. The fourth-order valence-electron chi connectivity index (χ4n) is 3.91. The number of halogens is 2. The molecule has 3 rings (SSSR count). The molecule has 5 nitrogen and oxygen atoms in total. The van der Waals surface area contributed by atoms with Crippen LogP contribution in [0.25, 0.3) is 0 Å². The van der Waals surface area contributed by atoms with E-state index in [0.717, 1.165) is 37.9 Å². The first-order valence-corrected chi connectivity index (χ1v) is 9.91. The van der Waals surface area contributed by atoms with Crippen LogP contribution >= 0.6 is 11.6 Å². The number of piperidine rings is 1. The first kappa shape index (κ1) is 21.4. The minimum absolute atomic E-state index is 0.0325. The fourth-order valence-corrected chi connectivity index (χ4v) is 4.03. The lowest BCUT2D eigenvalue weighted by molar-refractivity contribution is 0.0690. The molecule has 2 atom stereocenters. The average Bonchev–Trinajstić information content (AvgIpc) is 2.69. The maximum absolute atomic E-state index is 14.8. The molecular formula is C22H23ClFNO4. The molecule has 1 aliphatic heterocycles. The summed E-state index contributed by atoms with van der Waals surface area (Å²) >= 11 is 5.86. The van der Waals surface area contributed by atoms with Crippen molar-refractivity contribution in [2.45, 2.75) is 37.8 Å². The predicted octanol–water partition coefficient (Wildman–Crippen LogP) is 4.32. The molecular weight excluding hydrogens is 397 g/mol. The van der Waals surface area contributed by atoms with Gasteiger partial charge in [-0.05, 0) is 69.3 Å². The lowest BCUT2D eigenvalue weighted by atomic mass is 9.87. The van der Waals surface area contributed by atoms with Crippen LogP contribution in [0.15, 0.2) is 36.4 Å². The van der Waals surface area contributed by atoms with Crippen molar-refractivity contribution in [3.05, 3.63) is 69.5 Å². The minimum Gasteiger partial charge on any atom is -0.478 e. The number of aliphatic hydroxyl groups is 1. The molecule has 0 radical (unpaired) electrons. The summed E-state index contributed by atoms with van der Waals surface area (Å²) < 4.78 is 14.8. The Morgan fingerprint density at radius 2 is 1.90 bits per heavy atom. The molecule has 0 saturated carbocycles. The monoisotopic (exact) mass is 419 g/mol. The molecule has 1 fully saturated rings. The van der Waals surface area contributed by atoms with Gasteiger partial charge in [0.25, 0.3) is 0 Å². The van der Waals surface area contributed by atoms with Crippen LogP contribution in [0, 0.1) is 5.82 Å². The number of aromatic carboxylic acids is 1. The van der Waals surface area contributed by atoms with Crippen LogP contribution in [-0.2, 0) is 0 Å². The summed E-state index contributed by atoms with van der Waals surface area (Å²) in [5, 5.41) is 20.9. The zero-order valence-electron chi connectivity index (χ0n) is 16.1. The van der Waals surface area contributed by atoms with Crippen molar-refractivity contribution in [2.75, 3.05) is 13.6 Å². The SMILES string of the molecule is CN1CCCCC1CC(O)c1c(F)ccc(C(=O)O)c1C(=O)c1ccc(Cl)cc1. The standard InChI is InChI=1S/C22H23ClFNO4/c1-25-11-3-2-4-15(25)12-18(26)20-17(24)10-9-16(22(28)29)19(20)21(27)13-5-7-14(23)8-6-13/h5-10,15,18,26H,2-4,11-12H2,1H3,(H,28,29). The maximum Gasteiger partial charge on any atom is 0.336 e. The van der Waals surface area contributed by atoms with Gasteiger partial charge < -0.3 is 15.1 Å². The molecule has 0 spiro atoms. The van der Waals surface area contributed by atoms with Crippen molar-refractivity contribution in [1.82, 2.24) is 4.90 Å². The zero-order chi connectivity index (χ0) is 21.1. The Kier molecular flexibility index (Phi) is 6.67. The highest BCUT2D eigenvalue weighted by molar-refractivity contribution is 6.30. The van der Waals surface area contributed by atoms with Gasteiger partial charge >= 0.3 is 5.97 Å². The van der Waals surface area contributed by atoms with E-state index in [9.17, 15) is 24.2 Å². The molecule has 0 bridgehead atoms. The van der Waals surface area contributed by atoms with Gasteiger partial charge in [-0.1, -0.05) is 18.0 Å². The molecule has 29 heavy (non-hydrogen) atoms. The van der Waals surface area contributed by atoms with E-state index < -0.39 is 23.7 Å². The third-order valence-electron chi connectivity index (χ3n) is 5.51. The highest BCUT2D eigenvalue weighted by atomic mass is 35.5. The van der Waals surface area contributed by atoms with Crippen molar-refractivity contribution < 1.29 is 24.2 Å². The number of ketones is 1. The van der Waals surface area contributed by atoms with Gasteiger partial charge in [0, 0.05) is 27.8 Å². The molecule has 0 amide bonds. The van der Waals surface area contributed by atoms with Crippen LogP contribution in [0.5, 0.6) is 0 Å². The Hall–Kier alpha value is -2.28. The summed E-state index contributed by atoms with van der Waals surface area (Å²) in [6, 6.07) is 7.99.